The Morgan fingerprint density at radius 2 is 1.74 bits per heavy atom. The van der Waals surface area contributed by atoms with E-state index in [-0.39, 0.29) is 37.0 Å². The average Bonchev–Trinajstić information content (AvgIpc) is 3.74. The first-order chi connectivity index (χ1) is 24.0. The van der Waals surface area contributed by atoms with E-state index in [1.165, 1.54) is 31.2 Å². The van der Waals surface area contributed by atoms with Crippen LogP contribution in [0.4, 0.5) is 14.5 Å². The monoisotopic (exact) mass is 705 g/mol. The van der Waals surface area contributed by atoms with E-state index in [9.17, 15) is 29.6 Å². The van der Waals surface area contributed by atoms with Gasteiger partial charge in [-0.1, -0.05) is 17.3 Å². The highest BCUT2D eigenvalue weighted by molar-refractivity contribution is 5.97. The van der Waals surface area contributed by atoms with Crippen LogP contribution in [0.15, 0.2) is 47.1 Å². The molecule has 14 nitrogen and oxygen atoms in total. The molecule has 3 heterocycles. The van der Waals surface area contributed by atoms with Crippen LogP contribution in [-0.4, -0.2) is 120 Å². The van der Waals surface area contributed by atoms with Crippen molar-refractivity contribution in [2.75, 3.05) is 38.0 Å². The summed E-state index contributed by atoms with van der Waals surface area (Å²) in [7, 11) is 0. The molecule has 9 atom stereocenters. The number of carbonyl (C=O) groups is 1. The Bertz CT molecular complexity index is 1590. The van der Waals surface area contributed by atoms with E-state index in [1.807, 2.05) is 4.90 Å². The first-order valence-electron chi connectivity index (χ1n) is 16.3. The number of nitrogens with zero attached hydrogens (tertiary/aromatic N) is 2. The Morgan fingerprint density at radius 3 is 2.46 bits per heavy atom. The zero-order valence-electron chi connectivity index (χ0n) is 27.5. The van der Waals surface area contributed by atoms with Crippen LogP contribution < -0.4 is 15.0 Å². The normalized spacial score (nSPS) is 31.8. The number of benzene rings is 2. The molecule has 272 valence electrons. The van der Waals surface area contributed by atoms with Crippen molar-refractivity contribution in [3.63, 3.8) is 0 Å². The lowest BCUT2D eigenvalue weighted by molar-refractivity contribution is -0.155. The van der Waals surface area contributed by atoms with E-state index in [1.54, 1.807) is 19.1 Å². The fraction of sp³-hybridized carbons (Fsp3) is 0.529. The highest BCUT2D eigenvalue weighted by Gasteiger charge is 2.53. The first kappa shape index (κ1) is 36.1. The number of anilines is 1. The van der Waals surface area contributed by atoms with Gasteiger partial charge >= 0.3 is 0 Å². The lowest BCUT2D eigenvalue weighted by Gasteiger charge is -2.41. The molecular weight excluding hydrogens is 664 g/mol. The van der Waals surface area contributed by atoms with Crippen molar-refractivity contribution in [1.82, 2.24) is 5.32 Å². The number of hydrogen-bond donors (Lipinski definition) is 5. The van der Waals surface area contributed by atoms with E-state index >= 15 is 4.39 Å². The SMILES string of the molecule is C/C(=C\c1ccc(O[C@H]2C[C@H](O)[C@@H](/C(C)=N/OCc3ccc(N4CCOCC4)c(F)c3)O2)c(F)c1)C(=O)N[C@@H]1C(O)C(O)C2OCO[C@H]2[C@@H]1O. The van der Waals surface area contributed by atoms with Crippen LogP contribution in [0.5, 0.6) is 5.75 Å². The van der Waals surface area contributed by atoms with Crippen LogP contribution in [0.1, 0.15) is 31.4 Å². The first-order valence-corrected chi connectivity index (χ1v) is 16.3. The van der Waals surface area contributed by atoms with Gasteiger partial charge in [0, 0.05) is 25.1 Å². The Labute approximate surface area is 286 Å². The summed E-state index contributed by atoms with van der Waals surface area (Å²) in [5.74, 6) is -1.93. The minimum absolute atomic E-state index is 0.00752. The van der Waals surface area contributed by atoms with Gasteiger partial charge in [-0.25, -0.2) is 8.78 Å². The molecule has 2 aromatic carbocycles. The van der Waals surface area contributed by atoms with Gasteiger partial charge in [-0.3, -0.25) is 4.79 Å². The maximum Gasteiger partial charge on any atom is 0.247 e. The molecule has 4 aliphatic rings. The van der Waals surface area contributed by atoms with Gasteiger partial charge in [-0.15, -0.1) is 0 Å². The van der Waals surface area contributed by atoms with Crippen LogP contribution in [0.25, 0.3) is 6.08 Å². The Balaban J connectivity index is 1.00. The molecule has 0 spiro atoms. The van der Waals surface area contributed by atoms with Gasteiger partial charge in [-0.2, -0.15) is 0 Å². The van der Waals surface area contributed by atoms with E-state index in [2.05, 4.69) is 10.5 Å². The molecule has 4 fully saturated rings. The minimum atomic E-state index is -1.51. The lowest BCUT2D eigenvalue weighted by Crippen LogP contribution is -2.67. The molecule has 5 N–H and O–H groups in total. The summed E-state index contributed by atoms with van der Waals surface area (Å²) in [4.78, 5) is 20.2. The molecule has 0 bridgehead atoms. The number of rotatable bonds is 10. The van der Waals surface area contributed by atoms with Crippen LogP contribution in [0.3, 0.4) is 0 Å². The topological polar surface area (TPSA) is 181 Å². The molecule has 6 rings (SSSR count). The second kappa shape index (κ2) is 15.7. The lowest BCUT2D eigenvalue weighted by atomic mass is 9.83. The van der Waals surface area contributed by atoms with Crippen LogP contribution in [-0.2, 0) is 35.2 Å². The molecule has 1 aliphatic carbocycles. The van der Waals surface area contributed by atoms with Gasteiger partial charge in [0.25, 0.3) is 0 Å². The molecule has 3 saturated heterocycles. The quantitative estimate of drug-likeness (QED) is 0.135. The zero-order valence-corrected chi connectivity index (χ0v) is 27.5. The largest absolute Gasteiger partial charge is 0.462 e. The van der Waals surface area contributed by atoms with E-state index in [0.29, 0.717) is 48.8 Å². The van der Waals surface area contributed by atoms with Crippen molar-refractivity contribution in [1.29, 1.82) is 0 Å². The summed E-state index contributed by atoms with van der Waals surface area (Å²) < 4.78 is 57.1. The number of halogens is 2. The van der Waals surface area contributed by atoms with Gasteiger partial charge in [0.1, 0.15) is 55.8 Å². The van der Waals surface area contributed by atoms with Crippen molar-refractivity contribution >= 4 is 23.4 Å². The number of aliphatic hydroxyl groups is 4. The number of carbonyl (C=O) groups excluding carboxylic acids is 1. The van der Waals surface area contributed by atoms with Crippen LogP contribution in [0.2, 0.25) is 0 Å². The number of nitrogens with one attached hydrogen (secondary N) is 1. The maximum absolute atomic E-state index is 15.1. The molecule has 3 unspecified atom stereocenters. The Morgan fingerprint density at radius 1 is 1.00 bits per heavy atom. The second-order valence-electron chi connectivity index (χ2n) is 12.7. The number of ether oxygens (including phenoxy) is 5. The second-order valence-corrected chi connectivity index (χ2v) is 12.7. The minimum Gasteiger partial charge on any atom is -0.462 e. The van der Waals surface area contributed by atoms with Gasteiger partial charge in [0.05, 0.1) is 36.8 Å². The molecule has 0 aromatic heterocycles. The summed E-state index contributed by atoms with van der Waals surface area (Å²) in [6.45, 7) is 5.22. The van der Waals surface area contributed by atoms with Gasteiger partial charge in [-0.05, 0) is 55.3 Å². The Kier molecular flexibility index (Phi) is 11.3. The number of oxime groups is 1. The fourth-order valence-electron chi connectivity index (χ4n) is 6.43. The predicted octanol–water partition coefficient (Wildman–Crippen LogP) is 0.975. The van der Waals surface area contributed by atoms with Crippen molar-refractivity contribution in [3.05, 3.63) is 64.7 Å². The van der Waals surface area contributed by atoms with Crippen LogP contribution in [0, 0.1) is 11.6 Å². The smallest absolute Gasteiger partial charge is 0.247 e. The highest BCUT2D eigenvalue weighted by atomic mass is 19.1. The molecule has 50 heavy (non-hydrogen) atoms. The number of hydrogen-bond acceptors (Lipinski definition) is 13. The highest BCUT2D eigenvalue weighted by Crippen LogP contribution is 2.31. The van der Waals surface area contributed by atoms with Crippen LogP contribution >= 0.6 is 0 Å². The van der Waals surface area contributed by atoms with Crippen molar-refractivity contribution in [2.24, 2.45) is 5.16 Å². The molecule has 3 aliphatic heterocycles. The third-order valence-corrected chi connectivity index (χ3v) is 9.15. The predicted molar refractivity (Wildman–Crippen MR) is 172 cm³/mol. The van der Waals surface area contributed by atoms with Gasteiger partial charge in [0.15, 0.2) is 11.6 Å². The van der Waals surface area contributed by atoms with E-state index < -0.39 is 66.8 Å². The molecule has 0 radical (unpaired) electrons. The summed E-state index contributed by atoms with van der Waals surface area (Å²) in [6, 6.07) is 7.62. The summed E-state index contributed by atoms with van der Waals surface area (Å²) in [6.07, 6.45) is -7.52. The average molecular weight is 706 g/mol. The molecule has 16 heteroatoms. The fourth-order valence-corrected chi connectivity index (χ4v) is 6.43. The number of aliphatic hydroxyl groups excluding tert-OH is 4. The summed E-state index contributed by atoms with van der Waals surface area (Å²) in [5.41, 5.74) is 1.84. The van der Waals surface area contributed by atoms with Gasteiger partial charge < -0.3 is 59.2 Å². The molecule has 1 amide bonds. The number of amides is 1. The number of fused-ring (bicyclic) bond motifs is 1. The third kappa shape index (κ3) is 7.92. The van der Waals surface area contributed by atoms with E-state index in [4.69, 9.17) is 28.5 Å². The molecule has 1 saturated carbocycles. The Hall–Kier alpha value is -3.74. The standard InChI is InChI=1S/C34H41F2N3O11/c1-17(34(44)37-27-28(41)30(43)33-32(29(27)42)46-16-47-33)11-19-4-6-25(22(36)12-19)49-26-14-24(40)31(50-26)18(2)38-48-15-20-3-5-23(21(35)13-20)39-7-9-45-10-8-39/h3-6,11-13,24,26-33,40-43H,7-10,14-16H2,1-2H3,(H,37,44)/b17-11+,38-18+/t24-,26+,27+,28?,29+,30?,31+,32-,33?/m0/s1. The van der Waals surface area contributed by atoms with Crippen molar-refractivity contribution in [3.8, 4) is 5.75 Å². The zero-order chi connectivity index (χ0) is 35.5. The van der Waals surface area contributed by atoms with Crippen molar-refractivity contribution < 1.29 is 62.5 Å². The molecule has 2 aromatic rings. The molecular formula is C34H41F2N3O11. The maximum atomic E-state index is 15.1. The summed E-state index contributed by atoms with van der Waals surface area (Å²) in [5, 5.41) is 48.5. The van der Waals surface area contributed by atoms with Crippen molar-refractivity contribution in [2.45, 2.75) is 81.9 Å². The third-order valence-electron chi connectivity index (χ3n) is 9.15. The van der Waals surface area contributed by atoms with E-state index in [0.717, 1.165) is 6.07 Å². The number of morpholine rings is 1. The summed E-state index contributed by atoms with van der Waals surface area (Å²) >= 11 is 0. The van der Waals surface area contributed by atoms with Gasteiger partial charge in [0.2, 0.25) is 12.2 Å².